The molecule has 4 heteroatoms. The Morgan fingerprint density at radius 3 is 2.36 bits per heavy atom. The molecule has 3 N–H and O–H groups in total. The molecule has 0 aliphatic carbocycles. The van der Waals surface area contributed by atoms with Crippen molar-refractivity contribution < 1.29 is 4.79 Å². The van der Waals surface area contributed by atoms with Gasteiger partial charge >= 0.3 is 0 Å². The van der Waals surface area contributed by atoms with Crippen molar-refractivity contribution in [3.8, 4) is 0 Å². The van der Waals surface area contributed by atoms with Crippen LogP contribution in [0, 0.1) is 0 Å². The molecular weight excluding hydrogens is 310 g/mol. The minimum atomic E-state index is -0.0927. The molecule has 1 amide bonds. The molecule has 0 unspecified atom stereocenters. The fraction of sp³-hybridized carbons (Fsp3) is 0.381. The van der Waals surface area contributed by atoms with Crippen molar-refractivity contribution >= 4 is 5.91 Å². The molecule has 0 rings (SSSR count). The molecule has 0 saturated carbocycles. The van der Waals surface area contributed by atoms with Crippen LogP contribution in [0.2, 0.25) is 0 Å². The van der Waals surface area contributed by atoms with Crippen molar-refractivity contribution in [2.24, 2.45) is 0 Å². The average Bonchev–Trinajstić information content (AvgIpc) is 2.58. The largest absolute Gasteiger partial charge is 0.389 e. The Morgan fingerprint density at radius 2 is 1.80 bits per heavy atom. The number of amides is 1. The highest BCUT2D eigenvalue weighted by Gasteiger charge is 2.02. The molecule has 0 heterocycles. The number of nitrogens with one attached hydrogen (secondary N) is 3. The maximum atomic E-state index is 11.8. The first-order chi connectivity index (χ1) is 11.8. The SMILES string of the molecule is C=C(NC\C=C(C)/C=C(\C=C/C)C(=O)NC)/C(C)=C/C=C(\C)NCC. The van der Waals surface area contributed by atoms with Crippen LogP contribution in [0.3, 0.4) is 0 Å². The lowest BCUT2D eigenvalue weighted by atomic mass is 10.1. The number of carbonyl (C=O) groups is 1. The molecular formula is C21H33N3O. The standard InChI is InChI=1S/C21H33N3O/c1-8-10-20(21(25)22-7)15-16(3)13-14-24-19(6)17(4)11-12-18(5)23-9-2/h8,10-13,15,23-24H,6,9,14H2,1-5,7H3,(H,22,25)/b10-8-,16-13-,17-11+,18-12+,20-15+. The quantitative estimate of drug-likeness (QED) is 0.418. The summed E-state index contributed by atoms with van der Waals surface area (Å²) >= 11 is 0. The molecule has 4 nitrogen and oxygen atoms in total. The van der Waals surface area contributed by atoms with Crippen molar-refractivity contribution in [2.75, 3.05) is 20.1 Å². The number of hydrogen-bond donors (Lipinski definition) is 3. The molecule has 0 bridgehead atoms. The second-order valence-electron chi connectivity index (χ2n) is 5.72. The lowest BCUT2D eigenvalue weighted by molar-refractivity contribution is -0.116. The Morgan fingerprint density at radius 1 is 1.12 bits per heavy atom. The van der Waals surface area contributed by atoms with E-state index in [-0.39, 0.29) is 5.91 Å². The summed E-state index contributed by atoms with van der Waals surface area (Å²) in [5.74, 6) is -0.0927. The number of likely N-dealkylation sites (N-methyl/N-ethyl adjacent to an activating group) is 1. The van der Waals surface area contributed by atoms with Gasteiger partial charge in [0.2, 0.25) is 0 Å². The molecule has 0 aliphatic heterocycles. The van der Waals surface area contributed by atoms with Gasteiger partial charge in [-0.05, 0) is 52.3 Å². The third kappa shape index (κ3) is 10.1. The van der Waals surface area contributed by atoms with Crippen LogP contribution in [0.15, 0.2) is 71.1 Å². The van der Waals surface area contributed by atoms with Gasteiger partial charge in [-0.3, -0.25) is 4.79 Å². The molecule has 0 aromatic carbocycles. The highest BCUT2D eigenvalue weighted by Crippen LogP contribution is 2.06. The Labute approximate surface area is 153 Å². The van der Waals surface area contributed by atoms with Crippen molar-refractivity contribution in [1.29, 1.82) is 0 Å². The van der Waals surface area contributed by atoms with E-state index in [0.29, 0.717) is 12.1 Å². The summed E-state index contributed by atoms with van der Waals surface area (Å²) in [4.78, 5) is 11.8. The van der Waals surface area contributed by atoms with Gasteiger partial charge in [-0.1, -0.05) is 36.5 Å². The molecule has 0 fully saturated rings. The van der Waals surface area contributed by atoms with Gasteiger partial charge in [-0.2, -0.15) is 0 Å². The Balaban J connectivity index is 4.78. The van der Waals surface area contributed by atoms with Crippen LogP contribution in [0.4, 0.5) is 0 Å². The molecule has 0 spiro atoms. The third-order valence-electron chi connectivity index (χ3n) is 3.47. The first-order valence-corrected chi connectivity index (χ1v) is 8.61. The summed E-state index contributed by atoms with van der Waals surface area (Å²) in [7, 11) is 1.63. The zero-order valence-electron chi connectivity index (χ0n) is 16.5. The lowest BCUT2D eigenvalue weighted by Gasteiger charge is -2.08. The van der Waals surface area contributed by atoms with Crippen LogP contribution in [0.25, 0.3) is 0 Å². The van der Waals surface area contributed by atoms with Crippen molar-refractivity contribution in [3.63, 3.8) is 0 Å². The topological polar surface area (TPSA) is 53.2 Å². The highest BCUT2D eigenvalue weighted by atomic mass is 16.1. The first kappa shape index (κ1) is 22.5. The van der Waals surface area contributed by atoms with E-state index >= 15 is 0 Å². The fourth-order valence-corrected chi connectivity index (χ4v) is 1.98. The second-order valence-corrected chi connectivity index (χ2v) is 5.72. The van der Waals surface area contributed by atoms with E-state index in [9.17, 15) is 4.79 Å². The van der Waals surface area contributed by atoms with Gasteiger partial charge in [-0.25, -0.2) is 0 Å². The molecule has 0 saturated heterocycles. The van der Waals surface area contributed by atoms with Crippen molar-refractivity contribution in [1.82, 2.24) is 16.0 Å². The number of carbonyl (C=O) groups excluding carboxylic acids is 1. The molecule has 0 aliphatic rings. The van der Waals surface area contributed by atoms with E-state index in [1.165, 1.54) is 0 Å². The third-order valence-corrected chi connectivity index (χ3v) is 3.47. The summed E-state index contributed by atoms with van der Waals surface area (Å²) < 4.78 is 0. The van der Waals surface area contributed by atoms with Gasteiger partial charge in [0.15, 0.2) is 0 Å². The molecule has 25 heavy (non-hydrogen) atoms. The van der Waals surface area contributed by atoms with Crippen LogP contribution in [0.5, 0.6) is 0 Å². The molecule has 0 radical (unpaired) electrons. The highest BCUT2D eigenvalue weighted by molar-refractivity contribution is 5.96. The van der Waals surface area contributed by atoms with Crippen LogP contribution in [-0.4, -0.2) is 26.0 Å². The smallest absolute Gasteiger partial charge is 0.251 e. The van der Waals surface area contributed by atoms with Gasteiger partial charge in [0, 0.05) is 37.1 Å². The van der Waals surface area contributed by atoms with Gasteiger partial charge in [-0.15, -0.1) is 0 Å². The summed E-state index contributed by atoms with van der Waals surface area (Å²) in [6.07, 6.45) is 11.6. The van der Waals surface area contributed by atoms with Gasteiger partial charge < -0.3 is 16.0 Å². The van der Waals surface area contributed by atoms with E-state index in [2.05, 4.69) is 29.5 Å². The van der Waals surface area contributed by atoms with Gasteiger partial charge in [0.1, 0.15) is 0 Å². The van der Waals surface area contributed by atoms with E-state index in [4.69, 9.17) is 0 Å². The Hall–Kier alpha value is -2.49. The average molecular weight is 344 g/mol. The van der Waals surface area contributed by atoms with E-state index in [1.807, 2.05) is 58.1 Å². The summed E-state index contributed by atoms with van der Waals surface area (Å²) in [6.45, 7) is 15.6. The lowest BCUT2D eigenvalue weighted by Crippen LogP contribution is -2.19. The Bertz CT molecular complexity index is 605. The fourth-order valence-electron chi connectivity index (χ4n) is 1.98. The first-order valence-electron chi connectivity index (χ1n) is 8.61. The predicted octanol–water partition coefficient (Wildman–Crippen LogP) is 3.74. The van der Waals surface area contributed by atoms with Crippen LogP contribution in [0.1, 0.15) is 34.6 Å². The summed E-state index contributed by atoms with van der Waals surface area (Å²) in [5, 5.41) is 9.18. The van der Waals surface area contributed by atoms with Gasteiger partial charge in [0.05, 0.1) is 0 Å². The zero-order valence-corrected chi connectivity index (χ0v) is 16.5. The summed E-state index contributed by atoms with van der Waals surface area (Å²) in [5.41, 5.74) is 4.74. The monoisotopic (exact) mass is 343 g/mol. The van der Waals surface area contributed by atoms with Crippen LogP contribution >= 0.6 is 0 Å². The van der Waals surface area contributed by atoms with E-state index in [1.54, 1.807) is 13.1 Å². The van der Waals surface area contributed by atoms with E-state index in [0.717, 1.165) is 29.1 Å². The van der Waals surface area contributed by atoms with Crippen LogP contribution in [-0.2, 0) is 4.79 Å². The zero-order chi connectivity index (χ0) is 19.2. The minimum Gasteiger partial charge on any atom is -0.389 e. The van der Waals surface area contributed by atoms with E-state index < -0.39 is 0 Å². The maximum absolute atomic E-state index is 11.8. The van der Waals surface area contributed by atoms with Crippen LogP contribution < -0.4 is 16.0 Å². The number of hydrogen-bond acceptors (Lipinski definition) is 3. The molecule has 0 atom stereocenters. The normalized spacial score (nSPS) is 13.8. The predicted molar refractivity (Wildman–Crippen MR) is 109 cm³/mol. The molecule has 0 aromatic heterocycles. The van der Waals surface area contributed by atoms with Crippen molar-refractivity contribution in [2.45, 2.75) is 34.6 Å². The van der Waals surface area contributed by atoms with Gasteiger partial charge in [0.25, 0.3) is 5.91 Å². The van der Waals surface area contributed by atoms with Crippen molar-refractivity contribution in [3.05, 3.63) is 71.1 Å². The second kappa shape index (κ2) is 12.9. The molecule has 138 valence electrons. The minimum absolute atomic E-state index is 0.0927. The Kier molecular flexibility index (Phi) is 11.6. The molecule has 0 aromatic rings. The maximum Gasteiger partial charge on any atom is 0.251 e. The number of rotatable bonds is 10. The summed E-state index contributed by atoms with van der Waals surface area (Å²) in [6, 6.07) is 0. The number of allylic oxidation sites excluding steroid dienone is 7.